The molecule has 0 amide bonds. The maximum Gasteiger partial charge on any atom is 0.338 e. The molecule has 2 heterocycles. The predicted octanol–water partition coefficient (Wildman–Crippen LogP) is 4.85. The molecule has 0 saturated heterocycles. The number of carbonyl (C=O) groups excluding carboxylic acids is 2. The molecular weight excluding hydrogens is 452 g/mol. The van der Waals surface area contributed by atoms with Crippen molar-refractivity contribution in [2.75, 3.05) is 6.61 Å². The fourth-order valence-electron chi connectivity index (χ4n) is 4.50. The Hall–Kier alpha value is -4.39. The summed E-state index contributed by atoms with van der Waals surface area (Å²) in [5, 5.41) is 8.74. The Morgan fingerprint density at radius 3 is 2.39 bits per heavy atom. The second-order valence-electron chi connectivity index (χ2n) is 8.65. The van der Waals surface area contributed by atoms with Gasteiger partial charge < -0.3 is 4.74 Å². The molecule has 0 fully saturated rings. The van der Waals surface area contributed by atoms with E-state index in [4.69, 9.17) is 9.73 Å². The van der Waals surface area contributed by atoms with Crippen molar-refractivity contribution in [3.8, 4) is 5.69 Å². The summed E-state index contributed by atoms with van der Waals surface area (Å²) in [5.74, 6) is 1.05. The number of rotatable bonds is 7. The predicted molar refractivity (Wildman–Crippen MR) is 137 cm³/mol. The molecular formula is C29H26N4O3. The monoisotopic (exact) mass is 478 g/mol. The maximum absolute atomic E-state index is 13.2. The van der Waals surface area contributed by atoms with Crippen molar-refractivity contribution in [1.82, 2.24) is 14.8 Å². The lowest BCUT2D eigenvalue weighted by Crippen LogP contribution is -2.13. The number of aliphatic imine (C=N–C) groups is 1. The highest BCUT2D eigenvalue weighted by Gasteiger charge is 2.29. The number of aryl methyl sites for hydroxylation is 1. The molecule has 0 saturated carbocycles. The quantitative estimate of drug-likeness (QED) is 0.355. The second kappa shape index (κ2) is 10.1. The van der Waals surface area contributed by atoms with Crippen molar-refractivity contribution in [3.05, 3.63) is 113 Å². The molecule has 1 atom stereocenters. The third kappa shape index (κ3) is 4.60. The molecule has 0 radical (unpaired) electrons. The van der Waals surface area contributed by atoms with Crippen molar-refractivity contribution >= 4 is 17.5 Å². The lowest BCUT2D eigenvalue weighted by Gasteiger charge is -2.12. The number of esters is 1. The Bertz CT molecular complexity index is 1440. The van der Waals surface area contributed by atoms with Crippen LogP contribution < -0.4 is 0 Å². The van der Waals surface area contributed by atoms with Crippen molar-refractivity contribution in [2.45, 2.75) is 32.7 Å². The molecule has 7 nitrogen and oxygen atoms in total. The Balaban J connectivity index is 1.47. The summed E-state index contributed by atoms with van der Waals surface area (Å²) < 4.78 is 7.03. The van der Waals surface area contributed by atoms with E-state index in [1.807, 2.05) is 66.1 Å². The van der Waals surface area contributed by atoms with Crippen LogP contribution in [0.15, 0.2) is 83.9 Å². The first-order chi connectivity index (χ1) is 17.5. The number of benzene rings is 3. The number of ketones is 1. The second-order valence-corrected chi connectivity index (χ2v) is 8.65. The number of Topliss-reactive ketones (excluding diaryl/α,β-unsaturated/α-hetero) is 1. The molecule has 0 spiro atoms. The van der Waals surface area contributed by atoms with Gasteiger partial charge in [0.15, 0.2) is 5.82 Å². The van der Waals surface area contributed by atoms with Gasteiger partial charge in [0, 0.05) is 24.0 Å². The van der Waals surface area contributed by atoms with Gasteiger partial charge in [-0.25, -0.2) is 4.79 Å². The van der Waals surface area contributed by atoms with E-state index in [0.717, 1.165) is 33.9 Å². The van der Waals surface area contributed by atoms with Gasteiger partial charge in [-0.2, -0.15) is 0 Å². The number of nitrogens with zero attached hydrogens (tertiary/aromatic N) is 4. The van der Waals surface area contributed by atoms with Gasteiger partial charge in [-0.3, -0.25) is 14.4 Å². The number of carbonyl (C=O) groups is 2. The molecule has 4 aromatic rings. The highest BCUT2D eigenvalue weighted by molar-refractivity contribution is 6.15. The van der Waals surface area contributed by atoms with E-state index < -0.39 is 6.04 Å². The Morgan fingerprint density at radius 2 is 1.64 bits per heavy atom. The zero-order valence-electron chi connectivity index (χ0n) is 20.2. The van der Waals surface area contributed by atoms with E-state index in [9.17, 15) is 9.59 Å². The highest BCUT2D eigenvalue weighted by Crippen LogP contribution is 2.32. The average Bonchev–Trinajstić information content (AvgIpc) is 3.22. The van der Waals surface area contributed by atoms with Gasteiger partial charge in [0.2, 0.25) is 0 Å². The third-order valence-electron chi connectivity index (χ3n) is 6.17. The highest BCUT2D eigenvalue weighted by atomic mass is 16.5. The summed E-state index contributed by atoms with van der Waals surface area (Å²) in [6.45, 7) is 4.00. The van der Waals surface area contributed by atoms with Crippen LogP contribution in [-0.4, -0.2) is 38.8 Å². The minimum atomic E-state index is -0.486. The molecule has 3 aromatic carbocycles. The summed E-state index contributed by atoms with van der Waals surface area (Å²) >= 11 is 0. The summed E-state index contributed by atoms with van der Waals surface area (Å²) in [6, 6.07) is 24.5. The van der Waals surface area contributed by atoms with Crippen LogP contribution in [-0.2, 0) is 16.0 Å². The third-order valence-corrected chi connectivity index (χ3v) is 6.17. The van der Waals surface area contributed by atoms with Crippen LogP contribution >= 0.6 is 0 Å². The molecule has 0 bridgehead atoms. The maximum atomic E-state index is 13.2. The topological polar surface area (TPSA) is 86.4 Å². The summed E-state index contributed by atoms with van der Waals surface area (Å²) in [6.07, 6.45) is 0.415. The lowest BCUT2D eigenvalue weighted by molar-refractivity contribution is -0.118. The van der Waals surface area contributed by atoms with E-state index in [2.05, 4.69) is 10.2 Å². The van der Waals surface area contributed by atoms with Crippen LogP contribution in [0, 0.1) is 6.92 Å². The van der Waals surface area contributed by atoms with Gasteiger partial charge in [-0.05, 0) is 37.6 Å². The number of para-hydroxylation sites is 1. The zero-order chi connectivity index (χ0) is 25.1. The molecule has 1 aromatic heterocycles. The van der Waals surface area contributed by atoms with Crippen LogP contribution in [0.5, 0.6) is 0 Å². The molecule has 36 heavy (non-hydrogen) atoms. The molecule has 180 valence electrons. The first kappa shape index (κ1) is 23.4. The summed E-state index contributed by atoms with van der Waals surface area (Å²) in [4.78, 5) is 30.2. The lowest BCUT2D eigenvalue weighted by atomic mass is 10.00. The number of ether oxygens (including phenoxy) is 1. The van der Waals surface area contributed by atoms with Crippen molar-refractivity contribution in [3.63, 3.8) is 0 Å². The number of hydrogen-bond donors (Lipinski definition) is 0. The van der Waals surface area contributed by atoms with E-state index in [-0.39, 0.29) is 24.6 Å². The normalized spacial score (nSPS) is 14.3. The van der Waals surface area contributed by atoms with Crippen LogP contribution in [0.4, 0.5) is 0 Å². The molecule has 7 heteroatoms. The van der Waals surface area contributed by atoms with Gasteiger partial charge in [0.25, 0.3) is 0 Å². The Morgan fingerprint density at radius 1 is 0.917 bits per heavy atom. The number of hydrogen-bond acceptors (Lipinski definition) is 6. The van der Waals surface area contributed by atoms with Crippen molar-refractivity contribution in [2.24, 2.45) is 4.99 Å². The molecule has 0 aliphatic carbocycles. The summed E-state index contributed by atoms with van der Waals surface area (Å²) in [5.41, 5.74) is 5.02. The minimum Gasteiger partial charge on any atom is -0.462 e. The van der Waals surface area contributed by atoms with Crippen molar-refractivity contribution < 1.29 is 14.3 Å². The molecule has 5 rings (SSSR count). The van der Waals surface area contributed by atoms with Gasteiger partial charge in [0.05, 0.1) is 23.6 Å². The number of aromatic nitrogens is 3. The van der Waals surface area contributed by atoms with Gasteiger partial charge in [0.1, 0.15) is 17.6 Å². The SMILES string of the molecule is CCOC(=O)c1ccc(CC(=O)CC2N=C(c3ccccc3)c3ccccc3-n3c(C)nnc32)cc1. The van der Waals surface area contributed by atoms with Gasteiger partial charge >= 0.3 is 5.97 Å². The van der Waals surface area contributed by atoms with Crippen LogP contribution in [0.3, 0.4) is 0 Å². The smallest absolute Gasteiger partial charge is 0.338 e. The molecule has 1 unspecified atom stereocenters. The average molecular weight is 479 g/mol. The summed E-state index contributed by atoms with van der Waals surface area (Å²) in [7, 11) is 0. The first-order valence-corrected chi connectivity index (χ1v) is 12.0. The van der Waals surface area contributed by atoms with E-state index in [1.54, 1.807) is 31.2 Å². The van der Waals surface area contributed by atoms with E-state index in [1.165, 1.54) is 0 Å². The molecule has 0 N–H and O–H groups in total. The van der Waals surface area contributed by atoms with E-state index in [0.29, 0.717) is 18.0 Å². The largest absolute Gasteiger partial charge is 0.462 e. The first-order valence-electron chi connectivity index (χ1n) is 12.0. The Kier molecular flexibility index (Phi) is 6.54. The fraction of sp³-hybridized carbons (Fsp3) is 0.207. The van der Waals surface area contributed by atoms with Crippen LogP contribution in [0.2, 0.25) is 0 Å². The van der Waals surface area contributed by atoms with Crippen LogP contribution in [0.25, 0.3) is 5.69 Å². The number of fused-ring (bicyclic) bond motifs is 3. The standard InChI is InChI=1S/C29H26N4O3/c1-3-36-29(35)22-15-13-20(14-16-22)17-23(34)18-25-28-32-31-19(2)33(28)26-12-8-7-11-24(26)27(30-25)21-9-5-4-6-10-21/h4-16,25H,3,17-18H2,1-2H3. The molecule has 1 aliphatic heterocycles. The van der Waals surface area contributed by atoms with Crippen LogP contribution in [0.1, 0.15) is 58.1 Å². The minimum absolute atomic E-state index is 0.0261. The molecule has 1 aliphatic rings. The Labute approximate surface area is 209 Å². The van der Waals surface area contributed by atoms with Gasteiger partial charge in [-0.15, -0.1) is 10.2 Å². The zero-order valence-corrected chi connectivity index (χ0v) is 20.2. The van der Waals surface area contributed by atoms with E-state index >= 15 is 0 Å². The van der Waals surface area contributed by atoms with Gasteiger partial charge in [-0.1, -0.05) is 60.7 Å². The van der Waals surface area contributed by atoms with Crippen molar-refractivity contribution in [1.29, 1.82) is 0 Å². The fourth-order valence-corrected chi connectivity index (χ4v) is 4.50.